The standard InChI is InChI=1S/C16H14N2OS/c1-10-8-11(17)6-7-14(10)18-16(19)13-9-20-15-5-3-2-4-12(13)15/h2-9H,17H2,1H3,(H,18,19). The zero-order chi connectivity index (χ0) is 14.1. The minimum Gasteiger partial charge on any atom is -0.399 e. The number of thiophene rings is 1. The Morgan fingerprint density at radius 3 is 2.80 bits per heavy atom. The number of nitrogen functional groups attached to an aromatic ring is 1. The van der Waals surface area contributed by atoms with Crippen molar-refractivity contribution in [1.29, 1.82) is 0 Å². The average Bonchev–Trinajstić information content (AvgIpc) is 2.86. The third-order valence-corrected chi connectivity index (χ3v) is 4.19. The molecule has 0 fully saturated rings. The molecular weight excluding hydrogens is 268 g/mol. The first-order valence-corrected chi connectivity index (χ1v) is 7.17. The number of carbonyl (C=O) groups is 1. The second-order valence-electron chi connectivity index (χ2n) is 4.67. The van der Waals surface area contributed by atoms with E-state index in [2.05, 4.69) is 5.32 Å². The Morgan fingerprint density at radius 2 is 2.00 bits per heavy atom. The number of nitrogens with one attached hydrogen (secondary N) is 1. The predicted molar refractivity (Wildman–Crippen MR) is 85.4 cm³/mol. The van der Waals surface area contributed by atoms with E-state index in [1.165, 1.54) is 0 Å². The summed E-state index contributed by atoms with van der Waals surface area (Å²) in [5.74, 6) is -0.0877. The molecule has 3 rings (SSSR count). The van der Waals surface area contributed by atoms with Gasteiger partial charge in [0.1, 0.15) is 0 Å². The van der Waals surface area contributed by atoms with Gasteiger partial charge in [0.2, 0.25) is 0 Å². The summed E-state index contributed by atoms with van der Waals surface area (Å²) in [6.07, 6.45) is 0. The van der Waals surface area contributed by atoms with Gasteiger partial charge in [-0.2, -0.15) is 0 Å². The molecule has 0 saturated carbocycles. The Morgan fingerprint density at radius 1 is 1.20 bits per heavy atom. The molecule has 1 amide bonds. The average molecular weight is 282 g/mol. The maximum absolute atomic E-state index is 12.4. The van der Waals surface area contributed by atoms with Gasteiger partial charge in [0.05, 0.1) is 5.56 Å². The SMILES string of the molecule is Cc1cc(N)ccc1NC(=O)c1csc2ccccc12. The van der Waals surface area contributed by atoms with E-state index in [9.17, 15) is 4.79 Å². The lowest BCUT2D eigenvalue weighted by Crippen LogP contribution is -2.12. The molecule has 0 unspecified atom stereocenters. The molecule has 4 heteroatoms. The number of anilines is 2. The van der Waals surface area contributed by atoms with E-state index in [-0.39, 0.29) is 5.91 Å². The molecule has 0 radical (unpaired) electrons. The topological polar surface area (TPSA) is 55.1 Å². The summed E-state index contributed by atoms with van der Waals surface area (Å²) in [5.41, 5.74) is 8.87. The molecule has 1 heterocycles. The van der Waals surface area contributed by atoms with Gasteiger partial charge < -0.3 is 11.1 Å². The van der Waals surface area contributed by atoms with E-state index in [4.69, 9.17) is 5.73 Å². The van der Waals surface area contributed by atoms with Crippen molar-refractivity contribution in [2.75, 3.05) is 11.1 Å². The molecule has 0 aliphatic carbocycles. The number of amides is 1. The number of carbonyl (C=O) groups excluding carboxylic acids is 1. The van der Waals surface area contributed by atoms with Gasteiger partial charge in [0, 0.05) is 26.8 Å². The molecule has 20 heavy (non-hydrogen) atoms. The minimum atomic E-state index is -0.0877. The molecule has 0 aliphatic rings. The van der Waals surface area contributed by atoms with Gasteiger partial charge in [-0.1, -0.05) is 18.2 Å². The maximum Gasteiger partial charge on any atom is 0.257 e. The third kappa shape index (κ3) is 2.26. The molecule has 3 N–H and O–H groups in total. The van der Waals surface area contributed by atoms with E-state index >= 15 is 0 Å². The van der Waals surface area contributed by atoms with Crippen molar-refractivity contribution >= 4 is 38.7 Å². The quantitative estimate of drug-likeness (QED) is 0.697. The van der Waals surface area contributed by atoms with E-state index in [0.29, 0.717) is 11.3 Å². The lowest BCUT2D eigenvalue weighted by atomic mass is 10.1. The maximum atomic E-state index is 12.4. The molecule has 0 atom stereocenters. The molecule has 0 bridgehead atoms. The predicted octanol–water partition coefficient (Wildman–Crippen LogP) is 4.04. The van der Waals surface area contributed by atoms with Crippen molar-refractivity contribution in [2.24, 2.45) is 0 Å². The smallest absolute Gasteiger partial charge is 0.257 e. The van der Waals surface area contributed by atoms with Crippen LogP contribution in [0, 0.1) is 6.92 Å². The lowest BCUT2D eigenvalue weighted by molar-refractivity contribution is 0.102. The van der Waals surface area contributed by atoms with Crippen LogP contribution in [-0.4, -0.2) is 5.91 Å². The molecule has 0 aliphatic heterocycles. The third-order valence-electron chi connectivity index (χ3n) is 3.22. The Hall–Kier alpha value is -2.33. The van der Waals surface area contributed by atoms with E-state index in [1.807, 2.05) is 48.7 Å². The molecule has 0 saturated heterocycles. The fourth-order valence-electron chi connectivity index (χ4n) is 2.17. The Kier molecular flexibility index (Phi) is 3.16. The number of hydrogen-bond acceptors (Lipinski definition) is 3. The van der Waals surface area contributed by atoms with Gasteiger partial charge in [-0.15, -0.1) is 11.3 Å². The van der Waals surface area contributed by atoms with Crippen LogP contribution >= 0.6 is 11.3 Å². The summed E-state index contributed by atoms with van der Waals surface area (Å²) in [7, 11) is 0. The second kappa shape index (κ2) is 4.98. The highest BCUT2D eigenvalue weighted by molar-refractivity contribution is 7.17. The van der Waals surface area contributed by atoms with E-state index in [0.717, 1.165) is 21.3 Å². The van der Waals surface area contributed by atoms with Crippen LogP contribution in [0.4, 0.5) is 11.4 Å². The van der Waals surface area contributed by atoms with Gasteiger partial charge in [-0.05, 0) is 36.8 Å². The molecule has 0 spiro atoms. The van der Waals surface area contributed by atoms with Crippen molar-refractivity contribution in [2.45, 2.75) is 6.92 Å². The summed E-state index contributed by atoms with van der Waals surface area (Å²) >= 11 is 1.58. The fraction of sp³-hybridized carbons (Fsp3) is 0.0625. The first-order valence-electron chi connectivity index (χ1n) is 6.29. The zero-order valence-corrected chi connectivity index (χ0v) is 11.8. The van der Waals surface area contributed by atoms with Gasteiger partial charge in [0.15, 0.2) is 0 Å². The number of rotatable bonds is 2. The minimum absolute atomic E-state index is 0.0877. The molecule has 3 aromatic rings. The Bertz CT molecular complexity index is 792. The van der Waals surface area contributed by atoms with Gasteiger partial charge >= 0.3 is 0 Å². The van der Waals surface area contributed by atoms with Gasteiger partial charge in [-0.25, -0.2) is 0 Å². The van der Waals surface area contributed by atoms with Crippen LogP contribution in [0.1, 0.15) is 15.9 Å². The van der Waals surface area contributed by atoms with Crippen molar-refractivity contribution in [1.82, 2.24) is 0 Å². The highest BCUT2D eigenvalue weighted by Gasteiger charge is 2.12. The summed E-state index contributed by atoms with van der Waals surface area (Å²) in [6.45, 7) is 1.93. The van der Waals surface area contributed by atoms with Crippen molar-refractivity contribution in [3.05, 3.63) is 59.0 Å². The molecule has 1 aromatic heterocycles. The second-order valence-corrected chi connectivity index (χ2v) is 5.59. The molecule has 100 valence electrons. The molecule has 2 aromatic carbocycles. The van der Waals surface area contributed by atoms with Crippen molar-refractivity contribution in [3.63, 3.8) is 0 Å². The van der Waals surface area contributed by atoms with Gasteiger partial charge in [0.25, 0.3) is 5.91 Å². The van der Waals surface area contributed by atoms with E-state index in [1.54, 1.807) is 17.4 Å². The van der Waals surface area contributed by atoms with Crippen LogP contribution in [0.25, 0.3) is 10.1 Å². The van der Waals surface area contributed by atoms with Crippen LogP contribution in [-0.2, 0) is 0 Å². The number of hydrogen-bond donors (Lipinski definition) is 2. The summed E-state index contributed by atoms with van der Waals surface area (Å²) in [6, 6.07) is 13.4. The number of fused-ring (bicyclic) bond motifs is 1. The van der Waals surface area contributed by atoms with E-state index < -0.39 is 0 Å². The van der Waals surface area contributed by atoms with Crippen LogP contribution in [0.2, 0.25) is 0 Å². The largest absolute Gasteiger partial charge is 0.399 e. The van der Waals surface area contributed by atoms with Crippen LogP contribution in [0.3, 0.4) is 0 Å². The highest BCUT2D eigenvalue weighted by atomic mass is 32.1. The zero-order valence-electron chi connectivity index (χ0n) is 11.0. The van der Waals surface area contributed by atoms with Crippen molar-refractivity contribution in [3.8, 4) is 0 Å². The summed E-state index contributed by atoms with van der Waals surface area (Å²) in [5, 5.41) is 5.83. The molecule has 3 nitrogen and oxygen atoms in total. The number of benzene rings is 2. The van der Waals surface area contributed by atoms with Crippen LogP contribution in [0.15, 0.2) is 47.8 Å². The number of aryl methyl sites for hydroxylation is 1. The van der Waals surface area contributed by atoms with Crippen LogP contribution < -0.4 is 11.1 Å². The fourth-order valence-corrected chi connectivity index (χ4v) is 3.11. The Balaban J connectivity index is 1.93. The van der Waals surface area contributed by atoms with Crippen LogP contribution in [0.5, 0.6) is 0 Å². The monoisotopic (exact) mass is 282 g/mol. The lowest BCUT2D eigenvalue weighted by Gasteiger charge is -2.08. The first-order chi connectivity index (χ1) is 9.65. The van der Waals surface area contributed by atoms with Crippen molar-refractivity contribution < 1.29 is 4.79 Å². The summed E-state index contributed by atoms with van der Waals surface area (Å²) in [4.78, 5) is 12.4. The number of nitrogens with two attached hydrogens (primary N) is 1. The van der Waals surface area contributed by atoms with Gasteiger partial charge in [-0.3, -0.25) is 4.79 Å². The first kappa shape index (κ1) is 12.7. The normalized spacial score (nSPS) is 10.7. The molecular formula is C16H14N2OS. The highest BCUT2D eigenvalue weighted by Crippen LogP contribution is 2.27. The Labute approximate surface area is 121 Å². The summed E-state index contributed by atoms with van der Waals surface area (Å²) < 4.78 is 1.12.